The van der Waals surface area contributed by atoms with Gasteiger partial charge in [-0.1, -0.05) is 34.1 Å². The molecule has 2 aromatic rings. The summed E-state index contributed by atoms with van der Waals surface area (Å²) in [4.78, 5) is 14.4. The van der Waals surface area contributed by atoms with E-state index in [1.807, 2.05) is 13.8 Å². The monoisotopic (exact) mass is 436 g/mol. The molecule has 0 aliphatic heterocycles. The smallest absolute Gasteiger partial charge is 0.261 e. The second-order valence-electron chi connectivity index (χ2n) is 5.92. The minimum absolute atomic E-state index is 0.148. The number of amides is 1. The Kier molecular flexibility index (Phi) is 6.61. The number of hydrogen-bond donors (Lipinski definition) is 1. The standard InChI is InChI=1S/C19H21BrN2O3S/c1-4-22(13-14(2)3)19(23)15-6-5-7-17(12-15)21-26(24,25)18-10-8-16(20)9-11-18/h5-12,21H,2,4,13H2,1,3H3. The van der Waals surface area contributed by atoms with E-state index >= 15 is 0 Å². The summed E-state index contributed by atoms with van der Waals surface area (Å²) < 4.78 is 28.3. The molecule has 0 atom stereocenters. The zero-order valence-corrected chi connectivity index (χ0v) is 17.1. The highest BCUT2D eigenvalue weighted by atomic mass is 79.9. The molecule has 0 radical (unpaired) electrons. The Morgan fingerprint density at radius 2 is 1.85 bits per heavy atom. The summed E-state index contributed by atoms with van der Waals surface area (Å²) in [6.45, 7) is 8.59. The molecule has 138 valence electrons. The molecule has 0 fully saturated rings. The minimum Gasteiger partial charge on any atom is -0.335 e. The van der Waals surface area contributed by atoms with Crippen molar-refractivity contribution in [2.75, 3.05) is 17.8 Å². The van der Waals surface area contributed by atoms with Crippen molar-refractivity contribution < 1.29 is 13.2 Å². The Balaban J connectivity index is 2.24. The Morgan fingerprint density at radius 1 is 1.19 bits per heavy atom. The van der Waals surface area contributed by atoms with Crippen LogP contribution in [-0.2, 0) is 10.0 Å². The number of likely N-dealkylation sites (N-methyl/N-ethyl adjacent to an activating group) is 1. The molecule has 7 heteroatoms. The first-order valence-corrected chi connectivity index (χ1v) is 10.3. The van der Waals surface area contributed by atoms with Crippen molar-refractivity contribution in [3.63, 3.8) is 0 Å². The van der Waals surface area contributed by atoms with E-state index < -0.39 is 10.0 Å². The molecule has 0 bridgehead atoms. The first-order chi connectivity index (χ1) is 12.2. The summed E-state index contributed by atoms with van der Waals surface area (Å²) in [6, 6.07) is 12.8. The molecule has 0 saturated heterocycles. The quantitative estimate of drug-likeness (QED) is 0.658. The molecule has 1 N–H and O–H groups in total. The summed E-state index contributed by atoms with van der Waals surface area (Å²) in [7, 11) is -3.73. The van der Waals surface area contributed by atoms with E-state index in [0.29, 0.717) is 24.3 Å². The number of nitrogens with one attached hydrogen (secondary N) is 1. The maximum Gasteiger partial charge on any atom is 0.261 e. The van der Waals surface area contributed by atoms with Crippen LogP contribution in [0.15, 0.2) is 70.1 Å². The van der Waals surface area contributed by atoms with E-state index in [9.17, 15) is 13.2 Å². The Hall–Kier alpha value is -2.12. The summed E-state index contributed by atoms with van der Waals surface area (Å²) in [5, 5.41) is 0. The number of hydrogen-bond acceptors (Lipinski definition) is 3. The van der Waals surface area contributed by atoms with Crippen LogP contribution in [0.1, 0.15) is 24.2 Å². The van der Waals surface area contributed by atoms with Crippen LogP contribution in [0.25, 0.3) is 0 Å². The van der Waals surface area contributed by atoms with Gasteiger partial charge >= 0.3 is 0 Å². The van der Waals surface area contributed by atoms with Crippen LogP contribution in [-0.4, -0.2) is 32.3 Å². The van der Waals surface area contributed by atoms with Crippen molar-refractivity contribution in [1.29, 1.82) is 0 Å². The number of rotatable bonds is 7. The van der Waals surface area contributed by atoms with Crippen LogP contribution in [0.3, 0.4) is 0 Å². The summed E-state index contributed by atoms with van der Waals surface area (Å²) in [6.07, 6.45) is 0. The lowest BCUT2D eigenvalue weighted by Crippen LogP contribution is -2.32. The van der Waals surface area contributed by atoms with Crippen LogP contribution >= 0.6 is 15.9 Å². The van der Waals surface area contributed by atoms with Crippen molar-refractivity contribution in [3.8, 4) is 0 Å². The van der Waals surface area contributed by atoms with Gasteiger partial charge in [0.05, 0.1) is 4.90 Å². The normalized spacial score (nSPS) is 11.0. The van der Waals surface area contributed by atoms with E-state index in [0.717, 1.165) is 10.0 Å². The van der Waals surface area contributed by atoms with Crippen molar-refractivity contribution in [2.45, 2.75) is 18.7 Å². The summed E-state index contributed by atoms with van der Waals surface area (Å²) in [5.41, 5.74) is 1.64. The molecular weight excluding hydrogens is 416 g/mol. The minimum atomic E-state index is -3.73. The molecule has 0 aliphatic rings. The van der Waals surface area contributed by atoms with Gasteiger partial charge in [-0.25, -0.2) is 8.42 Å². The number of nitrogens with zero attached hydrogens (tertiary/aromatic N) is 1. The maximum atomic E-state index is 12.6. The lowest BCUT2D eigenvalue weighted by atomic mass is 10.1. The van der Waals surface area contributed by atoms with Gasteiger partial charge in [0, 0.05) is 28.8 Å². The summed E-state index contributed by atoms with van der Waals surface area (Å²) >= 11 is 3.28. The fourth-order valence-corrected chi connectivity index (χ4v) is 3.69. The van der Waals surface area contributed by atoms with E-state index in [2.05, 4.69) is 27.2 Å². The van der Waals surface area contributed by atoms with Gasteiger partial charge < -0.3 is 4.90 Å². The van der Waals surface area contributed by atoms with Gasteiger partial charge in [-0.2, -0.15) is 0 Å². The van der Waals surface area contributed by atoms with Crippen LogP contribution in [0.2, 0.25) is 0 Å². The lowest BCUT2D eigenvalue weighted by Gasteiger charge is -2.21. The molecule has 0 aliphatic carbocycles. The Labute approximate surface area is 162 Å². The maximum absolute atomic E-state index is 12.6. The van der Waals surface area contributed by atoms with Crippen LogP contribution in [0, 0.1) is 0 Å². The predicted octanol–water partition coefficient (Wildman–Crippen LogP) is 4.29. The highest BCUT2D eigenvalue weighted by molar-refractivity contribution is 9.10. The lowest BCUT2D eigenvalue weighted by molar-refractivity contribution is 0.0778. The van der Waals surface area contributed by atoms with Gasteiger partial charge in [0.2, 0.25) is 0 Å². The van der Waals surface area contributed by atoms with Crippen LogP contribution in [0.5, 0.6) is 0 Å². The van der Waals surface area contributed by atoms with Crippen molar-refractivity contribution in [1.82, 2.24) is 4.90 Å². The zero-order chi connectivity index (χ0) is 19.3. The molecule has 0 aromatic heterocycles. The number of carbonyl (C=O) groups excluding carboxylic acids is 1. The van der Waals surface area contributed by atoms with Crippen molar-refractivity contribution in [2.24, 2.45) is 0 Å². The van der Waals surface area contributed by atoms with Crippen molar-refractivity contribution >= 4 is 37.5 Å². The number of anilines is 1. The Bertz CT molecular complexity index is 909. The largest absolute Gasteiger partial charge is 0.335 e. The SMILES string of the molecule is C=C(C)CN(CC)C(=O)c1cccc(NS(=O)(=O)c2ccc(Br)cc2)c1. The molecule has 0 unspecified atom stereocenters. The molecule has 0 spiro atoms. The average Bonchev–Trinajstić information content (AvgIpc) is 2.59. The molecular formula is C19H21BrN2O3S. The Morgan fingerprint density at radius 3 is 2.42 bits per heavy atom. The second-order valence-corrected chi connectivity index (χ2v) is 8.51. The van der Waals surface area contributed by atoms with Crippen LogP contribution < -0.4 is 4.72 Å². The molecule has 26 heavy (non-hydrogen) atoms. The first-order valence-electron chi connectivity index (χ1n) is 8.05. The van der Waals surface area contributed by atoms with E-state index in [1.165, 1.54) is 12.1 Å². The third kappa shape index (κ3) is 5.19. The molecule has 5 nitrogen and oxygen atoms in total. The van der Waals surface area contributed by atoms with Gasteiger partial charge in [-0.15, -0.1) is 0 Å². The molecule has 0 heterocycles. The molecule has 2 aromatic carbocycles. The highest BCUT2D eigenvalue weighted by Gasteiger charge is 2.17. The van der Waals surface area contributed by atoms with Gasteiger partial charge in [0.15, 0.2) is 0 Å². The number of carbonyl (C=O) groups is 1. The number of benzene rings is 2. The number of sulfonamides is 1. The molecule has 1 amide bonds. The average molecular weight is 437 g/mol. The van der Waals surface area contributed by atoms with E-state index in [4.69, 9.17) is 0 Å². The van der Waals surface area contributed by atoms with Gasteiger partial charge in [-0.05, 0) is 56.3 Å². The first kappa shape index (κ1) is 20.2. The highest BCUT2D eigenvalue weighted by Crippen LogP contribution is 2.20. The van der Waals surface area contributed by atoms with Crippen molar-refractivity contribution in [3.05, 3.63) is 70.7 Å². The number of halogens is 1. The van der Waals surface area contributed by atoms with Gasteiger partial charge in [0.25, 0.3) is 15.9 Å². The third-order valence-electron chi connectivity index (χ3n) is 3.62. The predicted molar refractivity (Wildman–Crippen MR) is 108 cm³/mol. The summed E-state index contributed by atoms with van der Waals surface area (Å²) in [5.74, 6) is -0.166. The van der Waals surface area contributed by atoms with Crippen LogP contribution in [0.4, 0.5) is 5.69 Å². The topological polar surface area (TPSA) is 66.5 Å². The molecule has 0 saturated carbocycles. The van der Waals surface area contributed by atoms with E-state index in [-0.39, 0.29) is 10.8 Å². The van der Waals surface area contributed by atoms with Gasteiger partial charge in [-0.3, -0.25) is 9.52 Å². The van der Waals surface area contributed by atoms with E-state index in [1.54, 1.807) is 41.3 Å². The third-order valence-corrected chi connectivity index (χ3v) is 5.54. The fourth-order valence-electron chi connectivity index (χ4n) is 2.38. The van der Waals surface area contributed by atoms with Gasteiger partial charge in [0.1, 0.15) is 0 Å². The second kappa shape index (κ2) is 8.51. The zero-order valence-electron chi connectivity index (χ0n) is 14.7. The molecule has 2 rings (SSSR count). The fraction of sp³-hybridized carbons (Fsp3) is 0.211.